The molecule has 0 spiro atoms. The summed E-state index contributed by atoms with van der Waals surface area (Å²) in [5.74, 6) is 1.13. The van der Waals surface area contributed by atoms with Crippen molar-refractivity contribution in [1.82, 2.24) is 20.4 Å². The van der Waals surface area contributed by atoms with Gasteiger partial charge in [-0.25, -0.2) is 0 Å². The lowest BCUT2D eigenvalue weighted by molar-refractivity contribution is -0.131. The lowest BCUT2D eigenvalue weighted by Gasteiger charge is -2.32. The van der Waals surface area contributed by atoms with Crippen molar-refractivity contribution in [1.29, 1.82) is 0 Å². The maximum Gasteiger partial charge on any atom is 0.254 e. The minimum atomic E-state index is 0.00823. The summed E-state index contributed by atoms with van der Waals surface area (Å²) in [4.78, 5) is 31.0. The van der Waals surface area contributed by atoms with Crippen molar-refractivity contribution in [2.75, 3.05) is 46.5 Å². The summed E-state index contributed by atoms with van der Waals surface area (Å²) in [5.41, 5.74) is 2.90. The Morgan fingerprint density at radius 2 is 1.85 bits per heavy atom. The molecule has 2 amide bonds. The second-order valence-electron chi connectivity index (χ2n) is 11.6. The molecule has 2 unspecified atom stereocenters. The van der Waals surface area contributed by atoms with Gasteiger partial charge in [-0.05, 0) is 56.4 Å². The average Bonchev–Trinajstić information content (AvgIpc) is 3.73. The number of carbonyl (C=O) groups is 2. The number of benzene rings is 2. The number of carbonyl (C=O) groups excluding carboxylic acids is 2. The molecule has 2 N–H and O–H groups in total. The number of nitrogens with zero attached hydrogens (tertiary/aromatic N) is 2. The smallest absolute Gasteiger partial charge is 0.254 e. The van der Waals surface area contributed by atoms with E-state index < -0.39 is 0 Å². The van der Waals surface area contributed by atoms with Crippen molar-refractivity contribution in [3.8, 4) is 5.75 Å². The molecule has 1 saturated heterocycles. The second kappa shape index (κ2) is 15.3. The molecule has 0 aromatic heterocycles. The lowest BCUT2D eigenvalue weighted by atomic mass is 10.0. The minimum absolute atomic E-state index is 0.00823. The Labute approximate surface area is 245 Å². The van der Waals surface area contributed by atoms with E-state index in [9.17, 15) is 9.59 Å². The number of aryl methyl sites for hydroxylation is 1. The van der Waals surface area contributed by atoms with Crippen LogP contribution in [-0.2, 0) is 22.5 Å². The number of rotatable bonds is 16. The van der Waals surface area contributed by atoms with Crippen LogP contribution in [0.5, 0.6) is 5.75 Å². The Morgan fingerprint density at radius 3 is 2.54 bits per heavy atom. The molecule has 8 heteroatoms. The van der Waals surface area contributed by atoms with Gasteiger partial charge in [0, 0.05) is 75.9 Å². The van der Waals surface area contributed by atoms with E-state index in [1.54, 1.807) is 7.11 Å². The molecule has 1 aliphatic heterocycles. The monoisotopic (exact) mass is 564 g/mol. The summed E-state index contributed by atoms with van der Waals surface area (Å²) >= 11 is 0. The Kier molecular flexibility index (Phi) is 11.6. The fourth-order valence-electron chi connectivity index (χ4n) is 5.52. The quantitative estimate of drug-likeness (QED) is 0.301. The van der Waals surface area contributed by atoms with Crippen molar-refractivity contribution in [3.05, 3.63) is 65.2 Å². The molecule has 0 bridgehead atoms. The summed E-state index contributed by atoms with van der Waals surface area (Å²) in [6.07, 6.45) is 3.80. The van der Waals surface area contributed by atoms with Crippen molar-refractivity contribution in [2.24, 2.45) is 5.92 Å². The van der Waals surface area contributed by atoms with E-state index >= 15 is 0 Å². The van der Waals surface area contributed by atoms with Crippen LogP contribution in [0.4, 0.5) is 0 Å². The van der Waals surface area contributed by atoms with Crippen LogP contribution in [0, 0.1) is 5.92 Å². The van der Waals surface area contributed by atoms with Gasteiger partial charge in [0.25, 0.3) is 5.91 Å². The van der Waals surface area contributed by atoms with E-state index in [0.717, 1.165) is 55.6 Å². The van der Waals surface area contributed by atoms with Gasteiger partial charge in [-0.15, -0.1) is 0 Å². The van der Waals surface area contributed by atoms with Gasteiger partial charge in [0.05, 0.1) is 13.2 Å². The normalized spacial score (nSPS) is 18.5. The van der Waals surface area contributed by atoms with Crippen LogP contribution in [-0.4, -0.2) is 86.2 Å². The maximum atomic E-state index is 13.8. The number of hydrogen-bond acceptors (Lipinski definition) is 6. The summed E-state index contributed by atoms with van der Waals surface area (Å²) < 4.78 is 11.2. The summed E-state index contributed by atoms with van der Waals surface area (Å²) in [7, 11) is 1.68. The van der Waals surface area contributed by atoms with Gasteiger partial charge in [-0.3, -0.25) is 9.59 Å². The van der Waals surface area contributed by atoms with Gasteiger partial charge < -0.3 is 29.9 Å². The first-order valence-electron chi connectivity index (χ1n) is 15.2. The summed E-state index contributed by atoms with van der Waals surface area (Å²) in [6, 6.07) is 16.5. The molecule has 2 aromatic carbocycles. The highest BCUT2D eigenvalue weighted by Gasteiger charge is 2.35. The molecule has 1 saturated carbocycles. The van der Waals surface area contributed by atoms with Crippen LogP contribution in [0.15, 0.2) is 48.5 Å². The molecule has 8 nitrogen and oxygen atoms in total. The molecule has 2 aromatic rings. The van der Waals surface area contributed by atoms with E-state index in [4.69, 9.17) is 9.47 Å². The van der Waals surface area contributed by atoms with Crippen LogP contribution >= 0.6 is 0 Å². The Bertz CT molecular complexity index is 1120. The number of nitrogens with one attached hydrogen (secondary N) is 2. The van der Waals surface area contributed by atoms with Crippen molar-refractivity contribution in [3.63, 3.8) is 0 Å². The second-order valence-corrected chi connectivity index (χ2v) is 11.6. The molecule has 2 fully saturated rings. The highest BCUT2D eigenvalue weighted by molar-refractivity contribution is 5.95. The Balaban J connectivity index is 1.37. The average molecular weight is 565 g/mol. The fourth-order valence-corrected chi connectivity index (χ4v) is 5.52. The van der Waals surface area contributed by atoms with Gasteiger partial charge in [0.2, 0.25) is 5.91 Å². The Morgan fingerprint density at radius 1 is 1.07 bits per heavy atom. The number of amides is 2. The van der Waals surface area contributed by atoms with Gasteiger partial charge in [0.15, 0.2) is 0 Å². The third-order valence-corrected chi connectivity index (χ3v) is 8.12. The van der Waals surface area contributed by atoms with Crippen LogP contribution < -0.4 is 15.4 Å². The SMILES string of the molecule is CCc1ccc(C(=O)N(CC2CNCC2NCC(=O)N(Cc2ccccc2)C2CC2)C(C)C)cc1OCCCOC. The first kappa shape index (κ1) is 31.0. The van der Waals surface area contributed by atoms with E-state index in [0.29, 0.717) is 44.5 Å². The topological polar surface area (TPSA) is 83.1 Å². The van der Waals surface area contributed by atoms with Gasteiger partial charge in [-0.2, -0.15) is 0 Å². The molecule has 4 rings (SSSR count). The molecule has 1 heterocycles. The first-order valence-corrected chi connectivity index (χ1v) is 15.2. The van der Waals surface area contributed by atoms with Crippen molar-refractivity contribution in [2.45, 2.75) is 71.1 Å². The fraction of sp³-hybridized carbons (Fsp3) is 0.576. The third kappa shape index (κ3) is 8.77. The van der Waals surface area contributed by atoms with Gasteiger partial charge in [0.1, 0.15) is 5.75 Å². The van der Waals surface area contributed by atoms with Crippen molar-refractivity contribution >= 4 is 11.8 Å². The van der Waals surface area contributed by atoms with E-state index in [1.807, 2.05) is 46.2 Å². The van der Waals surface area contributed by atoms with Gasteiger partial charge >= 0.3 is 0 Å². The zero-order valence-electron chi connectivity index (χ0n) is 25.2. The van der Waals surface area contributed by atoms with E-state index in [-0.39, 0.29) is 29.8 Å². The standard InChI is InChI=1S/C33H48N4O4/c1-5-26-12-13-27(18-31(26)41-17-9-16-40-4)33(39)36(24(2)3)23-28-19-34-20-30(28)35-21-32(38)37(29-14-15-29)22-25-10-7-6-8-11-25/h6-8,10-13,18,24,28-30,34-35H,5,9,14-17,19-23H2,1-4H3. The predicted molar refractivity (Wildman–Crippen MR) is 162 cm³/mol. The zero-order valence-corrected chi connectivity index (χ0v) is 25.2. The molecule has 41 heavy (non-hydrogen) atoms. The number of methoxy groups -OCH3 is 1. The molecule has 0 radical (unpaired) electrons. The first-order chi connectivity index (χ1) is 19.9. The summed E-state index contributed by atoms with van der Waals surface area (Å²) in [6.45, 7) is 10.6. The van der Waals surface area contributed by atoms with Crippen molar-refractivity contribution < 1.29 is 19.1 Å². The molecule has 224 valence electrons. The van der Waals surface area contributed by atoms with Crippen LogP contribution in [0.2, 0.25) is 0 Å². The molecule has 1 aliphatic carbocycles. The minimum Gasteiger partial charge on any atom is -0.493 e. The van der Waals surface area contributed by atoms with Crippen LogP contribution in [0.25, 0.3) is 0 Å². The molecule has 2 aliphatic rings. The highest BCUT2D eigenvalue weighted by Crippen LogP contribution is 2.28. The molecule has 2 atom stereocenters. The molecular formula is C33H48N4O4. The molecular weight excluding hydrogens is 516 g/mol. The highest BCUT2D eigenvalue weighted by atomic mass is 16.5. The van der Waals surface area contributed by atoms with E-state index in [2.05, 4.69) is 43.5 Å². The van der Waals surface area contributed by atoms with Crippen LogP contribution in [0.1, 0.15) is 61.5 Å². The zero-order chi connectivity index (χ0) is 29.2. The lowest BCUT2D eigenvalue weighted by Crippen LogP contribution is -2.49. The van der Waals surface area contributed by atoms with Gasteiger partial charge in [-0.1, -0.05) is 43.3 Å². The predicted octanol–water partition coefficient (Wildman–Crippen LogP) is 3.88. The number of hydrogen-bond donors (Lipinski definition) is 2. The van der Waals surface area contributed by atoms with E-state index in [1.165, 1.54) is 0 Å². The van der Waals surface area contributed by atoms with Crippen LogP contribution in [0.3, 0.4) is 0 Å². The Hall–Kier alpha value is -2.94. The maximum absolute atomic E-state index is 13.8. The largest absolute Gasteiger partial charge is 0.493 e. The number of ether oxygens (including phenoxy) is 2. The summed E-state index contributed by atoms with van der Waals surface area (Å²) in [5, 5.41) is 7.01. The third-order valence-electron chi connectivity index (χ3n) is 8.12.